The molecule has 1 aromatic heterocycles. The average Bonchev–Trinajstić information content (AvgIpc) is 2.84. The molecule has 0 aliphatic carbocycles. The largest absolute Gasteiger partial charge is 0.508 e. The van der Waals surface area contributed by atoms with E-state index in [2.05, 4.69) is 4.98 Å². The van der Waals surface area contributed by atoms with Gasteiger partial charge in [-0.25, -0.2) is 4.79 Å². The lowest BCUT2D eigenvalue weighted by atomic mass is 10.0. The van der Waals surface area contributed by atoms with Gasteiger partial charge in [0.15, 0.2) is 0 Å². The number of carbonyl (C=O) groups is 1. The van der Waals surface area contributed by atoms with Gasteiger partial charge in [0.25, 0.3) is 0 Å². The Kier molecular flexibility index (Phi) is 2.91. The average molecular weight is 267 g/mol. The van der Waals surface area contributed by atoms with E-state index in [0.29, 0.717) is 6.42 Å². The van der Waals surface area contributed by atoms with Crippen molar-refractivity contribution in [1.29, 1.82) is 0 Å². The number of hydrogen-bond donors (Lipinski definition) is 3. The van der Waals surface area contributed by atoms with Crippen LogP contribution in [0.1, 0.15) is 21.5 Å². The maximum absolute atomic E-state index is 11.0. The molecule has 3 N–H and O–H groups in total. The van der Waals surface area contributed by atoms with Crippen molar-refractivity contribution in [1.82, 2.24) is 4.98 Å². The van der Waals surface area contributed by atoms with Gasteiger partial charge in [-0.3, -0.25) is 0 Å². The van der Waals surface area contributed by atoms with Gasteiger partial charge in [0.1, 0.15) is 5.75 Å². The highest BCUT2D eigenvalue weighted by Crippen LogP contribution is 2.23. The maximum Gasteiger partial charge on any atom is 0.335 e. The summed E-state index contributed by atoms with van der Waals surface area (Å²) in [6.07, 6.45) is 2.58. The maximum atomic E-state index is 11.0. The number of carboxylic acid groups (broad SMARTS) is 1. The van der Waals surface area contributed by atoms with E-state index in [1.807, 2.05) is 18.3 Å². The lowest BCUT2D eigenvalue weighted by molar-refractivity contribution is 0.0697. The van der Waals surface area contributed by atoms with Crippen LogP contribution in [0.2, 0.25) is 0 Å². The predicted molar refractivity (Wildman–Crippen MR) is 76.2 cm³/mol. The molecule has 0 atom stereocenters. The molecule has 0 aliphatic heterocycles. The first-order valence-corrected chi connectivity index (χ1v) is 6.25. The van der Waals surface area contributed by atoms with E-state index in [-0.39, 0.29) is 11.3 Å². The first kappa shape index (κ1) is 12.3. The van der Waals surface area contributed by atoms with Gasteiger partial charge in [0, 0.05) is 17.1 Å². The van der Waals surface area contributed by atoms with E-state index < -0.39 is 5.97 Å². The normalized spacial score (nSPS) is 10.8. The number of aromatic hydroxyl groups is 1. The molecule has 4 heteroatoms. The molecule has 0 amide bonds. The predicted octanol–water partition coefficient (Wildman–Crippen LogP) is 3.16. The van der Waals surface area contributed by atoms with E-state index in [1.165, 1.54) is 0 Å². The fourth-order valence-electron chi connectivity index (χ4n) is 2.29. The molecule has 3 rings (SSSR count). The van der Waals surface area contributed by atoms with Gasteiger partial charge in [0.2, 0.25) is 0 Å². The minimum atomic E-state index is -0.927. The summed E-state index contributed by atoms with van der Waals surface area (Å²) in [6.45, 7) is 0. The van der Waals surface area contributed by atoms with Crippen LogP contribution in [0, 0.1) is 0 Å². The number of phenolic OH excluding ortho intramolecular Hbond substituents is 1. The van der Waals surface area contributed by atoms with E-state index in [1.54, 1.807) is 30.3 Å². The Morgan fingerprint density at radius 3 is 2.55 bits per heavy atom. The Bertz CT molecular complexity index is 772. The second-order valence-corrected chi connectivity index (χ2v) is 4.72. The number of H-pyrrole nitrogens is 1. The number of fused-ring (bicyclic) bond motifs is 1. The summed E-state index contributed by atoms with van der Waals surface area (Å²) in [4.78, 5) is 14.2. The van der Waals surface area contributed by atoms with Gasteiger partial charge in [-0.15, -0.1) is 0 Å². The fraction of sp³-hybridized carbons (Fsp3) is 0.0625. The van der Waals surface area contributed by atoms with E-state index in [9.17, 15) is 9.90 Å². The quantitative estimate of drug-likeness (QED) is 0.682. The number of hydrogen-bond acceptors (Lipinski definition) is 2. The molecular formula is C16H13NO3. The first-order chi connectivity index (χ1) is 9.63. The van der Waals surface area contributed by atoms with E-state index >= 15 is 0 Å². The second-order valence-electron chi connectivity index (χ2n) is 4.72. The van der Waals surface area contributed by atoms with Gasteiger partial charge in [0.05, 0.1) is 5.56 Å². The lowest BCUT2D eigenvalue weighted by Crippen LogP contribution is -1.95. The zero-order chi connectivity index (χ0) is 14.1. The molecule has 0 fully saturated rings. The molecule has 0 saturated heterocycles. The molecule has 3 aromatic rings. The number of rotatable bonds is 3. The first-order valence-electron chi connectivity index (χ1n) is 6.25. The highest BCUT2D eigenvalue weighted by atomic mass is 16.4. The number of carboxylic acids is 1. The molecule has 0 radical (unpaired) electrons. The number of aromatic amines is 1. The van der Waals surface area contributed by atoms with Gasteiger partial charge in [-0.1, -0.05) is 12.1 Å². The summed E-state index contributed by atoms with van der Waals surface area (Å²) in [5, 5.41) is 19.3. The zero-order valence-electron chi connectivity index (χ0n) is 10.6. The summed E-state index contributed by atoms with van der Waals surface area (Å²) in [7, 11) is 0. The third-order valence-corrected chi connectivity index (χ3v) is 3.35. The van der Waals surface area contributed by atoms with Crippen molar-refractivity contribution in [2.75, 3.05) is 0 Å². The van der Waals surface area contributed by atoms with Crippen LogP contribution in [0.15, 0.2) is 48.7 Å². The van der Waals surface area contributed by atoms with Crippen molar-refractivity contribution in [3.8, 4) is 5.75 Å². The summed E-state index contributed by atoms with van der Waals surface area (Å²) in [6, 6.07) is 12.1. The van der Waals surface area contributed by atoms with Crippen molar-refractivity contribution >= 4 is 16.9 Å². The van der Waals surface area contributed by atoms with Crippen molar-refractivity contribution in [3.05, 3.63) is 65.4 Å². The van der Waals surface area contributed by atoms with Crippen molar-refractivity contribution in [2.45, 2.75) is 6.42 Å². The van der Waals surface area contributed by atoms with Crippen LogP contribution in [0.25, 0.3) is 10.9 Å². The molecule has 100 valence electrons. The molecule has 2 aromatic carbocycles. The molecule has 0 unspecified atom stereocenters. The highest BCUT2D eigenvalue weighted by molar-refractivity contribution is 5.94. The third-order valence-electron chi connectivity index (χ3n) is 3.35. The van der Waals surface area contributed by atoms with Crippen molar-refractivity contribution < 1.29 is 15.0 Å². The number of aromatic nitrogens is 1. The molecule has 4 nitrogen and oxygen atoms in total. The molecule has 1 heterocycles. The van der Waals surface area contributed by atoms with Gasteiger partial charge >= 0.3 is 5.97 Å². The summed E-state index contributed by atoms with van der Waals surface area (Å²) in [5.74, 6) is -0.690. The minimum absolute atomic E-state index is 0.237. The number of phenols is 1. The van der Waals surface area contributed by atoms with Crippen LogP contribution in [0.4, 0.5) is 0 Å². The molecule has 0 bridgehead atoms. The smallest absolute Gasteiger partial charge is 0.335 e. The van der Waals surface area contributed by atoms with Gasteiger partial charge in [-0.2, -0.15) is 0 Å². The molecular weight excluding hydrogens is 254 g/mol. The van der Waals surface area contributed by atoms with Crippen LogP contribution in [-0.2, 0) is 6.42 Å². The van der Waals surface area contributed by atoms with Gasteiger partial charge in [-0.05, 0) is 47.9 Å². The zero-order valence-corrected chi connectivity index (χ0v) is 10.6. The van der Waals surface area contributed by atoms with Crippen LogP contribution in [-0.4, -0.2) is 21.2 Å². The Labute approximate surface area is 115 Å². The van der Waals surface area contributed by atoms with Crippen molar-refractivity contribution in [2.24, 2.45) is 0 Å². The summed E-state index contributed by atoms with van der Waals surface area (Å²) >= 11 is 0. The van der Waals surface area contributed by atoms with Crippen LogP contribution in [0.5, 0.6) is 5.75 Å². The molecule has 0 spiro atoms. The molecule has 20 heavy (non-hydrogen) atoms. The Morgan fingerprint density at radius 2 is 1.85 bits per heavy atom. The molecule has 0 saturated carbocycles. The Morgan fingerprint density at radius 1 is 1.10 bits per heavy atom. The third kappa shape index (κ3) is 2.23. The van der Waals surface area contributed by atoms with Crippen LogP contribution < -0.4 is 0 Å². The summed E-state index contributed by atoms with van der Waals surface area (Å²) < 4.78 is 0. The van der Waals surface area contributed by atoms with Crippen molar-refractivity contribution in [3.63, 3.8) is 0 Å². The Balaban J connectivity index is 2.00. The van der Waals surface area contributed by atoms with Crippen LogP contribution in [0.3, 0.4) is 0 Å². The Hall–Kier alpha value is -2.75. The summed E-state index contributed by atoms with van der Waals surface area (Å²) in [5.41, 5.74) is 3.30. The fourth-order valence-corrected chi connectivity index (χ4v) is 2.29. The number of aromatic carboxylic acids is 1. The second kappa shape index (κ2) is 4.74. The van der Waals surface area contributed by atoms with Crippen LogP contribution >= 0.6 is 0 Å². The number of benzene rings is 2. The number of nitrogens with one attached hydrogen (secondary N) is 1. The minimum Gasteiger partial charge on any atom is -0.508 e. The van der Waals surface area contributed by atoms with E-state index in [4.69, 9.17) is 5.11 Å². The standard InChI is InChI=1S/C16H13NO3/c18-13-4-1-10(2-5-13)7-12-9-17-15-6-3-11(16(19)20)8-14(12)15/h1-6,8-9,17-18H,7H2,(H,19,20). The van der Waals surface area contributed by atoms with E-state index in [0.717, 1.165) is 22.0 Å². The highest BCUT2D eigenvalue weighted by Gasteiger charge is 2.09. The monoisotopic (exact) mass is 267 g/mol. The molecule has 0 aliphatic rings. The SMILES string of the molecule is O=C(O)c1ccc2[nH]cc(Cc3ccc(O)cc3)c2c1. The topological polar surface area (TPSA) is 73.3 Å². The lowest BCUT2D eigenvalue weighted by Gasteiger charge is -2.02. The van der Waals surface area contributed by atoms with Gasteiger partial charge < -0.3 is 15.2 Å².